The molecule has 0 aromatic rings. The maximum atomic E-state index is 8.01. The van der Waals surface area contributed by atoms with Crippen molar-refractivity contribution in [2.75, 3.05) is 78.8 Å². The zero-order chi connectivity index (χ0) is 17.7. The Labute approximate surface area is 152 Å². The van der Waals surface area contributed by atoms with Crippen LogP contribution in [0.4, 0.5) is 0 Å². The van der Waals surface area contributed by atoms with Gasteiger partial charge in [0.15, 0.2) is 0 Å². The van der Waals surface area contributed by atoms with Gasteiger partial charge in [0.05, 0.1) is 0 Å². The van der Waals surface area contributed by atoms with E-state index in [0.29, 0.717) is 0 Å². The Morgan fingerprint density at radius 3 is 1.25 bits per heavy atom. The summed E-state index contributed by atoms with van der Waals surface area (Å²) in [6, 6.07) is 0. The van der Waals surface area contributed by atoms with Crippen LogP contribution in [-0.2, 0) is 9.47 Å². The second kappa shape index (κ2) is 8.92. The number of rotatable bonds is 8. The van der Waals surface area contributed by atoms with E-state index in [4.69, 9.17) is 20.7 Å². The number of morpholine rings is 2. The molecule has 2 heterocycles. The average molecular weight is 383 g/mol. The van der Waals surface area contributed by atoms with Gasteiger partial charge in [0, 0.05) is 0 Å². The van der Waals surface area contributed by atoms with E-state index in [-0.39, 0.29) is 0 Å². The van der Waals surface area contributed by atoms with E-state index >= 15 is 0 Å². The fourth-order valence-corrected chi connectivity index (χ4v) is 12.3. The summed E-state index contributed by atoms with van der Waals surface area (Å²) in [4.78, 5) is 0. The molecule has 2 aliphatic heterocycles. The molecule has 0 N–H and O–H groups in total. The SMILES string of the molecule is CCN(CC)P(Cl)(N(CC)CC)(N1CCOCC1)N1CCOCC1. The molecule has 0 atom stereocenters. The van der Waals surface area contributed by atoms with Gasteiger partial charge in [-0.25, -0.2) is 0 Å². The molecule has 2 rings (SSSR count). The number of ether oxygens (including phenoxy) is 2. The van der Waals surface area contributed by atoms with Crippen LogP contribution in [0.1, 0.15) is 27.7 Å². The Bertz CT molecular complexity index is 350. The van der Waals surface area contributed by atoms with E-state index in [1.807, 2.05) is 0 Å². The first-order chi connectivity index (χ1) is 11.6. The van der Waals surface area contributed by atoms with E-state index in [0.717, 1.165) is 78.8 Å². The monoisotopic (exact) mass is 382 g/mol. The Balaban J connectivity index is 2.60. The normalized spacial score (nSPS) is 23.5. The molecule has 144 valence electrons. The Morgan fingerprint density at radius 2 is 1.00 bits per heavy atom. The molecule has 24 heavy (non-hydrogen) atoms. The minimum atomic E-state index is -3.12. The molecule has 0 bridgehead atoms. The first-order valence-electron chi connectivity index (χ1n) is 9.48. The molecule has 0 spiro atoms. The topological polar surface area (TPSA) is 31.4 Å². The average Bonchev–Trinajstić information content (AvgIpc) is 2.65. The summed E-state index contributed by atoms with van der Waals surface area (Å²) in [6.07, 6.45) is 0. The van der Waals surface area contributed by atoms with Crippen molar-refractivity contribution >= 4 is 17.8 Å². The minimum absolute atomic E-state index is 0.761. The van der Waals surface area contributed by atoms with Crippen LogP contribution >= 0.6 is 17.8 Å². The Hall–Kier alpha value is 0.480. The number of hydrogen-bond acceptors (Lipinski definition) is 6. The van der Waals surface area contributed by atoms with Crippen molar-refractivity contribution in [2.24, 2.45) is 0 Å². The van der Waals surface area contributed by atoms with Gasteiger partial charge in [0.2, 0.25) is 0 Å². The quantitative estimate of drug-likeness (QED) is 0.600. The molecule has 0 unspecified atom stereocenters. The second-order valence-corrected chi connectivity index (χ2v) is 12.0. The van der Waals surface area contributed by atoms with Crippen molar-refractivity contribution in [2.45, 2.75) is 27.7 Å². The summed E-state index contributed by atoms with van der Waals surface area (Å²) < 4.78 is 21.5. The van der Waals surface area contributed by atoms with Crippen LogP contribution in [0.25, 0.3) is 0 Å². The fraction of sp³-hybridized carbons (Fsp3) is 1.00. The zero-order valence-corrected chi connectivity index (χ0v) is 17.6. The molecular formula is C16H36ClN4O2P. The summed E-state index contributed by atoms with van der Waals surface area (Å²) in [7, 11) is 0. The van der Waals surface area contributed by atoms with Crippen molar-refractivity contribution in [3.05, 3.63) is 0 Å². The second-order valence-electron chi connectivity index (χ2n) is 6.25. The Morgan fingerprint density at radius 1 is 0.708 bits per heavy atom. The molecule has 0 radical (unpaired) electrons. The summed E-state index contributed by atoms with van der Waals surface area (Å²) in [5.41, 5.74) is 0. The van der Waals surface area contributed by atoms with Gasteiger partial charge in [-0.2, -0.15) is 0 Å². The van der Waals surface area contributed by atoms with Gasteiger partial charge >= 0.3 is 152 Å². The third kappa shape index (κ3) is 3.25. The van der Waals surface area contributed by atoms with Crippen LogP contribution in [0.3, 0.4) is 0 Å². The first kappa shape index (κ1) is 20.8. The van der Waals surface area contributed by atoms with Crippen molar-refractivity contribution in [1.82, 2.24) is 18.7 Å². The van der Waals surface area contributed by atoms with Crippen molar-refractivity contribution in [3.8, 4) is 0 Å². The molecule has 2 fully saturated rings. The van der Waals surface area contributed by atoms with E-state index in [9.17, 15) is 0 Å². The molecule has 8 heteroatoms. The van der Waals surface area contributed by atoms with Gasteiger partial charge in [0.1, 0.15) is 0 Å². The van der Waals surface area contributed by atoms with Crippen LogP contribution in [0.2, 0.25) is 0 Å². The standard InChI is InChI=1S/C16H36ClN4O2P/c1-5-18(6-2)24(17,19(7-3)8-4,20-9-13-22-14-10-20)21-11-15-23-16-12-21/h5-16H2,1-4H3. The zero-order valence-electron chi connectivity index (χ0n) is 15.9. The van der Waals surface area contributed by atoms with Gasteiger partial charge in [-0.1, -0.05) is 0 Å². The summed E-state index contributed by atoms with van der Waals surface area (Å²) >= 11 is 8.01. The molecule has 0 aromatic heterocycles. The van der Waals surface area contributed by atoms with Gasteiger partial charge in [0.25, 0.3) is 0 Å². The summed E-state index contributed by atoms with van der Waals surface area (Å²) in [5, 5.41) is 0. The van der Waals surface area contributed by atoms with Crippen molar-refractivity contribution in [1.29, 1.82) is 0 Å². The van der Waals surface area contributed by atoms with Gasteiger partial charge in [-0.05, 0) is 0 Å². The molecule has 2 saturated heterocycles. The molecule has 0 amide bonds. The van der Waals surface area contributed by atoms with Crippen molar-refractivity contribution in [3.63, 3.8) is 0 Å². The van der Waals surface area contributed by atoms with E-state index < -0.39 is 6.56 Å². The van der Waals surface area contributed by atoms with E-state index in [1.54, 1.807) is 0 Å². The number of halogens is 1. The predicted molar refractivity (Wildman–Crippen MR) is 103 cm³/mol. The predicted octanol–water partition coefficient (Wildman–Crippen LogP) is 2.70. The van der Waals surface area contributed by atoms with E-state index in [2.05, 4.69) is 46.4 Å². The molecule has 0 saturated carbocycles. The summed E-state index contributed by atoms with van der Waals surface area (Å²) in [6.45, 7) is 16.2. The fourth-order valence-electron chi connectivity index (χ4n) is 4.29. The number of hydrogen-bond donors (Lipinski definition) is 0. The van der Waals surface area contributed by atoms with Crippen LogP contribution in [0.5, 0.6) is 0 Å². The Kier molecular flexibility index (Phi) is 7.72. The van der Waals surface area contributed by atoms with Gasteiger partial charge < -0.3 is 0 Å². The molecule has 6 nitrogen and oxygen atoms in total. The third-order valence-electron chi connectivity index (χ3n) is 5.38. The third-order valence-corrected chi connectivity index (χ3v) is 13.8. The van der Waals surface area contributed by atoms with E-state index in [1.165, 1.54) is 0 Å². The van der Waals surface area contributed by atoms with Crippen LogP contribution < -0.4 is 0 Å². The molecule has 0 aromatic carbocycles. The van der Waals surface area contributed by atoms with Crippen LogP contribution in [-0.4, -0.2) is 97.5 Å². The molecular weight excluding hydrogens is 347 g/mol. The maximum absolute atomic E-state index is 8.01. The molecule has 0 aliphatic carbocycles. The number of nitrogens with zero attached hydrogens (tertiary/aromatic N) is 4. The van der Waals surface area contributed by atoms with Gasteiger partial charge in [-0.15, -0.1) is 0 Å². The van der Waals surface area contributed by atoms with Gasteiger partial charge in [-0.3, -0.25) is 0 Å². The van der Waals surface area contributed by atoms with Crippen LogP contribution in [0, 0.1) is 0 Å². The van der Waals surface area contributed by atoms with Crippen molar-refractivity contribution < 1.29 is 9.47 Å². The van der Waals surface area contributed by atoms with Crippen LogP contribution in [0.15, 0.2) is 0 Å². The summed E-state index contributed by atoms with van der Waals surface area (Å²) in [5.74, 6) is 0. The molecule has 2 aliphatic rings. The first-order valence-corrected chi connectivity index (χ1v) is 12.4.